The first-order valence-electron chi connectivity index (χ1n) is 17.2. The van der Waals surface area contributed by atoms with E-state index in [4.69, 9.17) is 11.6 Å². The van der Waals surface area contributed by atoms with Crippen LogP contribution in [0, 0.1) is 0 Å². The molecule has 11 nitrogen and oxygen atoms in total. The van der Waals surface area contributed by atoms with Gasteiger partial charge >= 0.3 is 6.03 Å². The van der Waals surface area contributed by atoms with Gasteiger partial charge < -0.3 is 9.80 Å². The third kappa shape index (κ3) is 7.33. The van der Waals surface area contributed by atoms with Gasteiger partial charge in [-0.1, -0.05) is 29.8 Å². The number of anilines is 1. The highest BCUT2D eigenvalue weighted by atomic mass is 35.5. The number of rotatable bonds is 9. The van der Waals surface area contributed by atoms with E-state index in [0.29, 0.717) is 29.2 Å². The lowest BCUT2D eigenvalue weighted by Crippen LogP contribution is -2.54. The smallest absolute Gasteiger partial charge is 0.323 e. The molecule has 49 heavy (non-hydrogen) atoms. The number of carbonyl (C=O) groups is 5. The number of imide groups is 2. The summed E-state index contributed by atoms with van der Waals surface area (Å²) in [6, 6.07) is 12.5. The predicted octanol–water partition coefficient (Wildman–Crippen LogP) is 5.05. The normalized spacial score (nSPS) is 21.6. The Kier molecular flexibility index (Phi) is 10.3. The van der Waals surface area contributed by atoms with Crippen molar-refractivity contribution in [2.45, 2.75) is 70.9 Å². The Morgan fingerprint density at radius 3 is 2.41 bits per heavy atom. The van der Waals surface area contributed by atoms with Gasteiger partial charge in [-0.3, -0.25) is 39.3 Å². The number of amides is 6. The van der Waals surface area contributed by atoms with Gasteiger partial charge in [0.25, 0.3) is 11.8 Å². The summed E-state index contributed by atoms with van der Waals surface area (Å²) in [5.41, 5.74) is 4.24. The van der Waals surface area contributed by atoms with Gasteiger partial charge in [0.1, 0.15) is 6.04 Å². The van der Waals surface area contributed by atoms with Crippen LogP contribution in [0.4, 0.5) is 10.5 Å². The highest BCUT2D eigenvalue weighted by Crippen LogP contribution is 2.34. The number of fused-ring (bicyclic) bond motifs is 1. The molecule has 0 radical (unpaired) electrons. The lowest BCUT2D eigenvalue weighted by Gasteiger charge is -2.38. The first kappa shape index (κ1) is 34.5. The highest BCUT2D eigenvalue weighted by Gasteiger charge is 2.45. The average molecular weight is 687 g/mol. The van der Waals surface area contributed by atoms with Crippen LogP contribution in [-0.2, 0) is 9.59 Å². The number of likely N-dealkylation sites (tertiary alicyclic amines) is 1. The second-order valence-electron chi connectivity index (χ2n) is 13.5. The Labute approximate surface area is 291 Å². The average Bonchev–Trinajstić information content (AvgIpc) is 3.32. The minimum atomic E-state index is -0.972. The predicted molar refractivity (Wildman–Crippen MR) is 189 cm³/mol. The summed E-state index contributed by atoms with van der Waals surface area (Å²) < 4.78 is 0. The van der Waals surface area contributed by atoms with E-state index < -0.39 is 29.7 Å². The zero-order valence-corrected chi connectivity index (χ0v) is 29.0. The summed E-state index contributed by atoms with van der Waals surface area (Å²) in [6.45, 7) is 10.4. The lowest BCUT2D eigenvalue weighted by atomic mass is 9.88. The van der Waals surface area contributed by atoms with Crippen LogP contribution in [0.2, 0.25) is 0 Å². The van der Waals surface area contributed by atoms with E-state index in [-0.39, 0.29) is 30.8 Å². The molecule has 0 bridgehead atoms. The number of urea groups is 1. The minimum absolute atomic E-state index is 0.00552. The summed E-state index contributed by atoms with van der Waals surface area (Å²) in [5.74, 6) is -1.74. The molecule has 4 aliphatic rings. The molecule has 6 rings (SSSR count). The van der Waals surface area contributed by atoms with Crippen LogP contribution in [0.5, 0.6) is 0 Å². The van der Waals surface area contributed by atoms with Crippen LogP contribution in [0.15, 0.2) is 52.5 Å². The maximum absolute atomic E-state index is 13.6. The number of nitrogens with one attached hydrogen (secondary N) is 1. The van der Waals surface area contributed by atoms with Gasteiger partial charge in [-0.2, -0.15) is 0 Å². The number of piperidine rings is 2. The van der Waals surface area contributed by atoms with Crippen molar-refractivity contribution < 1.29 is 24.0 Å². The van der Waals surface area contributed by atoms with Crippen LogP contribution in [0.3, 0.4) is 0 Å². The van der Waals surface area contributed by atoms with Gasteiger partial charge in [0.2, 0.25) is 11.8 Å². The number of carbonyl (C=O) groups excluding carboxylic acids is 5. The van der Waals surface area contributed by atoms with Crippen molar-refractivity contribution in [3.63, 3.8) is 0 Å². The highest BCUT2D eigenvalue weighted by molar-refractivity contribution is 6.36. The summed E-state index contributed by atoms with van der Waals surface area (Å²) in [4.78, 5) is 75.7. The fourth-order valence-electron chi connectivity index (χ4n) is 7.15. The Balaban J connectivity index is 1.04. The van der Waals surface area contributed by atoms with Gasteiger partial charge in [0, 0.05) is 61.1 Å². The molecule has 4 aliphatic heterocycles. The molecule has 2 aromatic rings. The number of nitrogens with zero attached hydrogens (tertiary/aromatic N) is 5. The molecule has 4 heterocycles. The van der Waals surface area contributed by atoms with E-state index in [0.717, 1.165) is 72.7 Å². The number of allylic oxidation sites excluding steroid dienone is 2. The third-order valence-electron chi connectivity index (χ3n) is 9.86. The maximum Gasteiger partial charge on any atom is 0.324 e. The molecule has 0 spiro atoms. The van der Waals surface area contributed by atoms with Crippen LogP contribution in [-0.4, -0.2) is 102 Å². The van der Waals surface area contributed by atoms with Gasteiger partial charge in [-0.25, -0.2) is 4.79 Å². The first-order valence-corrected chi connectivity index (χ1v) is 17.5. The third-order valence-corrected chi connectivity index (χ3v) is 10.1. The van der Waals surface area contributed by atoms with Gasteiger partial charge in [0.15, 0.2) is 0 Å². The van der Waals surface area contributed by atoms with Crippen molar-refractivity contribution in [2.24, 2.45) is 4.99 Å². The fourth-order valence-corrected chi connectivity index (χ4v) is 7.31. The molecule has 6 amide bonds. The number of hydrogen-bond acceptors (Lipinski definition) is 7. The number of hydrogen-bond donors (Lipinski definition) is 1. The van der Waals surface area contributed by atoms with Crippen molar-refractivity contribution in [1.82, 2.24) is 20.0 Å². The molecule has 0 aromatic heterocycles. The van der Waals surface area contributed by atoms with Crippen LogP contribution < -0.4 is 10.2 Å². The molecule has 258 valence electrons. The lowest BCUT2D eigenvalue weighted by molar-refractivity contribution is -0.136. The fraction of sp³-hybridized carbons (Fsp3) is 0.459. The standard InChI is InChI=1S/C37H43ClN6O5/c1-23(2)39-22-31(24(3)38)27-6-4-7-28(20-27)43-15-5-14-42(37(43)49)19-18-41-16-12-25(13-17-41)26-8-9-29-30(21-26)36(48)44(35(29)47)32-10-11-33(45)40-34(32)46/h4,6-9,20-23,25,32H,5,10-19H2,1-3H3,(H,40,45,46)/b31-24-,39-22-. The van der Waals surface area contributed by atoms with Crippen molar-refractivity contribution >= 4 is 58.7 Å². The Morgan fingerprint density at radius 2 is 1.69 bits per heavy atom. The zero-order valence-electron chi connectivity index (χ0n) is 28.3. The molecule has 0 saturated carbocycles. The summed E-state index contributed by atoms with van der Waals surface area (Å²) >= 11 is 6.43. The monoisotopic (exact) mass is 686 g/mol. The molecular formula is C37H43ClN6O5. The van der Waals surface area contributed by atoms with Gasteiger partial charge in [0.05, 0.1) is 11.1 Å². The van der Waals surface area contributed by atoms with E-state index in [1.54, 1.807) is 6.07 Å². The van der Waals surface area contributed by atoms with Crippen molar-refractivity contribution in [3.8, 4) is 0 Å². The first-order chi connectivity index (χ1) is 23.5. The van der Waals surface area contributed by atoms with E-state index in [1.165, 1.54) is 0 Å². The largest absolute Gasteiger partial charge is 0.324 e. The topological polar surface area (TPSA) is 123 Å². The molecule has 0 aliphatic carbocycles. The van der Waals surface area contributed by atoms with E-state index >= 15 is 0 Å². The molecule has 3 saturated heterocycles. The summed E-state index contributed by atoms with van der Waals surface area (Å²) in [6.07, 6.45) is 4.69. The maximum atomic E-state index is 13.6. The molecule has 12 heteroatoms. The van der Waals surface area contributed by atoms with Crippen LogP contribution >= 0.6 is 11.6 Å². The SMILES string of the molecule is C/C(Cl)=C(\C=N/C(C)C)c1cccc(N2CCCN(CCN3CCC(c4ccc5c(c4)C(=O)N(C4CCC(=O)NC4=O)C5=O)CC3)C2=O)c1. The molecule has 1 atom stereocenters. The van der Waals surface area contributed by atoms with Gasteiger partial charge in [-0.05, 0) is 101 Å². The Hall–Kier alpha value is -4.35. The second kappa shape index (κ2) is 14.6. The van der Waals surface area contributed by atoms with E-state index in [9.17, 15) is 24.0 Å². The molecule has 3 fully saturated rings. The number of halogens is 1. The van der Waals surface area contributed by atoms with Crippen molar-refractivity contribution in [2.75, 3.05) is 44.2 Å². The second-order valence-corrected chi connectivity index (χ2v) is 14.1. The van der Waals surface area contributed by atoms with Crippen molar-refractivity contribution in [3.05, 3.63) is 69.8 Å². The molecule has 2 aromatic carbocycles. The summed E-state index contributed by atoms with van der Waals surface area (Å²) in [5, 5.41) is 2.88. The Morgan fingerprint density at radius 1 is 0.939 bits per heavy atom. The Bertz CT molecular complexity index is 1730. The van der Waals surface area contributed by atoms with Crippen LogP contribution in [0.25, 0.3) is 5.57 Å². The van der Waals surface area contributed by atoms with E-state index in [1.807, 2.05) is 73.2 Å². The van der Waals surface area contributed by atoms with Gasteiger partial charge in [-0.15, -0.1) is 0 Å². The molecule has 1 unspecified atom stereocenters. The van der Waals surface area contributed by atoms with Crippen molar-refractivity contribution in [1.29, 1.82) is 0 Å². The molecule has 1 N–H and O–H groups in total. The number of aliphatic imine (C=N–C) groups is 1. The van der Waals surface area contributed by atoms with Crippen LogP contribution in [0.1, 0.15) is 90.6 Å². The van der Waals surface area contributed by atoms with E-state index in [2.05, 4.69) is 15.2 Å². The summed E-state index contributed by atoms with van der Waals surface area (Å²) in [7, 11) is 0. The minimum Gasteiger partial charge on any atom is -0.323 e. The number of benzene rings is 2. The zero-order chi connectivity index (χ0) is 34.8. The molecular weight excluding hydrogens is 644 g/mol. The quantitative estimate of drug-likeness (QED) is 0.291.